The van der Waals surface area contributed by atoms with Crippen LogP contribution in [0.25, 0.3) is 0 Å². The normalized spacial score (nSPS) is 12.0. The quantitative estimate of drug-likeness (QED) is 0.623. The van der Waals surface area contributed by atoms with E-state index in [1.165, 1.54) is 12.3 Å². The maximum Gasteiger partial charge on any atom is 0.129 e. The molecule has 0 spiro atoms. The number of nitrogens with zero attached hydrogens (tertiary/aromatic N) is 1. The van der Waals surface area contributed by atoms with E-state index in [2.05, 4.69) is 5.16 Å². The van der Waals surface area contributed by atoms with Gasteiger partial charge in [-0.3, -0.25) is 0 Å². The number of aromatic hydroxyl groups is 1. The Morgan fingerprint density at radius 3 is 2.67 bits per heavy atom. The molecule has 0 saturated heterocycles. The summed E-state index contributed by atoms with van der Waals surface area (Å²) in [6, 6.07) is 4.74. The van der Waals surface area contributed by atoms with Crippen molar-refractivity contribution in [3.05, 3.63) is 28.8 Å². The first-order valence-corrected chi connectivity index (χ1v) is 4.96. The Labute approximate surface area is 94.3 Å². The van der Waals surface area contributed by atoms with Crippen LogP contribution in [0.1, 0.15) is 26.3 Å². The summed E-state index contributed by atoms with van der Waals surface area (Å²) in [7, 11) is 0. The van der Waals surface area contributed by atoms with Crippen LogP contribution in [0.3, 0.4) is 0 Å². The molecule has 0 atom stereocenters. The molecule has 1 N–H and O–H groups in total. The molecule has 0 saturated carbocycles. The summed E-state index contributed by atoms with van der Waals surface area (Å²) in [6.07, 6.45) is 1.44. The monoisotopic (exact) mass is 227 g/mol. The summed E-state index contributed by atoms with van der Waals surface area (Å²) in [5, 5.41) is 13.8. The van der Waals surface area contributed by atoms with Crippen molar-refractivity contribution < 1.29 is 9.94 Å². The first kappa shape index (κ1) is 11.9. The highest BCUT2D eigenvalue weighted by Gasteiger charge is 2.09. The second kappa shape index (κ2) is 4.53. The van der Waals surface area contributed by atoms with Crippen molar-refractivity contribution >= 4 is 17.8 Å². The second-order valence-electron chi connectivity index (χ2n) is 4.14. The van der Waals surface area contributed by atoms with Gasteiger partial charge in [0, 0.05) is 10.6 Å². The van der Waals surface area contributed by atoms with Gasteiger partial charge in [-0.25, -0.2) is 0 Å². The van der Waals surface area contributed by atoms with Gasteiger partial charge >= 0.3 is 0 Å². The molecule has 1 rings (SSSR count). The van der Waals surface area contributed by atoms with Crippen LogP contribution >= 0.6 is 11.6 Å². The van der Waals surface area contributed by atoms with Crippen LogP contribution in [0, 0.1) is 0 Å². The van der Waals surface area contributed by atoms with Crippen LogP contribution in [-0.2, 0) is 4.84 Å². The molecule has 1 aromatic carbocycles. The molecule has 0 fully saturated rings. The highest BCUT2D eigenvalue weighted by Crippen LogP contribution is 2.19. The fourth-order valence-corrected chi connectivity index (χ4v) is 1.05. The standard InChI is InChI=1S/C11H14ClNO2/c1-11(2,3)15-13-7-8-6-9(12)4-5-10(8)14/h4-7,14H,1-3H3/b13-7+. The Balaban J connectivity index is 2.76. The summed E-state index contributed by atoms with van der Waals surface area (Å²) in [6.45, 7) is 5.67. The summed E-state index contributed by atoms with van der Waals surface area (Å²) >= 11 is 5.77. The Kier molecular flexibility index (Phi) is 3.58. The molecule has 0 radical (unpaired) electrons. The second-order valence-corrected chi connectivity index (χ2v) is 4.58. The first-order valence-electron chi connectivity index (χ1n) is 4.58. The van der Waals surface area contributed by atoms with Gasteiger partial charge in [-0.1, -0.05) is 16.8 Å². The molecule has 15 heavy (non-hydrogen) atoms. The number of halogens is 1. The molecule has 0 aliphatic carbocycles. The zero-order valence-corrected chi connectivity index (χ0v) is 9.75. The minimum absolute atomic E-state index is 0.126. The third-order valence-corrected chi connectivity index (χ3v) is 1.74. The molecule has 1 aromatic rings. The van der Waals surface area contributed by atoms with E-state index in [1.807, 2.05) is 20.8 Å². The lowest BCUT2D eigenvalue weighted by Gasteiger charge is -2.14. The Bertz CT molecular complexity index is 369. The predicted molar refractivity (Wildman–Crippen MR) is 61.5 cm³/mol. The van der Waals surface area contributed by atoms with Gasteiger partial charge in [0.2, 0.25) is 0 Å². The van der Waals surface area contributed by atoms with Crippen LogP contribution in [-0.4, -0.2) is 16.9 Å². The Hall–Kier alpha value is -1.22. The Morgan fingerprint density at radius 2 is 2.07 bits per heavy atom. The van der Waals surface area contributed by atoms with E-state index >= 15 is 0 Å². The maximum absolute atomic E-state index is 9.46. The zero-order chi connectivity index (χ0) is 11.5. The smallest absolute Gasteiger partial charge is 0.129 e. The number of oxime groups is 1. The number of phenols is 1. The molecule has 0 unspecified atom stereocenters. The van der Waals surface area contributed by atoms with Crippen molar-refractivity contribution in [1.29, 1.82) is 0 Å². The van der Waals surface area contributed by atoms with Gasteiger partial charge in [0.1, 0.15) is 11.4 Å². The average molecular weight is 228 g/mol. The van der Waals surface area contributed by atoms with E-state index in [0.29, 0.717) is 10.6 Å². The number of benzene rings is 1. The van der Waals surface area contributed by atoms with E-state index in [0.717, 1.165) is 0 Å². The van der Waals surface area contributed by atoms with Gasteiger partial charge in [0.25, 0.3) is 0 Å². The lowest BCUT2D eigenvalue weighted by molar-refractivity contribution is 0.00197. The van der Waals surface area contributed by atoms with E-state index < -0.39 is 0 Å². The van der Waals surface area contributed by atoms with Crippen LogP contribution in [0.15, 0.2) is 23.4 Å². The lowest BCUT2D eigenvalue weighted by atomic mass is 10.2. The maximum atomic E-state index is 9.46. The van der Waals surface area contributed by atoms with E-state index in [1.54, 1.807) is 12.1 Å². The first-order chi connectivity index (χ1) is 6.88. The van der Waals surface area contributed by atoms with Gasteiger partial charge < -0.3 is 9.94 Å². The van der Waals surface area contributed by atoms with E-state index in [9.17, 15) is 5.11 Å². The minimum Gasteiger partial charge on any atom is -0.507 e. The largest absolute Gasteiger partial charge is 0.507 e. The molecular formula is C11H14ClNO2. The van der Waals surface area contributed by atoms with Crippen molar-refractivity contribution in [3.8, 4) is 5.75 Å². The van der Waals surface area contributed by atoms with Gasteiger partial charge in [-0.15, -0.1) is 0 Å². The summed E-state index contributed by atoms with van der Waals surface area (Å²) in [5.74, 6) is 0.126. The molecule has 0 amide bonds. The highest BCUT2D eigenvalue weighted by atomic mass is 35.5. The molecule has 0 heterocycles. The number of rotatable bonds is 2. The Morgan fingerprint density at radius 1 is 1.40 bits per heavy atom. The SMILES string of the molecule is CC(C)(C)O/N=C/c1cc(Cl)ccc1O. The zero-order valence-electron chi connectivity index (χ0n) is 8.99. The molecule has 82 valence electrons. The third kappa shape index (κ3) is 4.21. The van der Waals surface area contributed by atoms with Gasteiger partial charge in [-0.2, -0.15) is 0 Å². The fourth-order valence-electron chi connectivity index (χ4n) is 0.870. The van der Waals surface area contributed by atoms with Crippen molar-refractivity contribution in [2.45, 2.75) is 26.4 Å². The topological polar surface area (TPSA) is 41.8 Å². The van der Waals surface area contributed by atoms with Gasteiger partial charge in [-0.05, 0) is 39.0 Å². The van der Waals surface area contributed by atoms with Crippen molar-refractivity contribution in [1.82, 2.24) is 0 Å². The number of hydrogen-bond donors (Lipinski definition) is 1. The molecular weight excluding hydrogens is 214 g/mol. The molecule has 4 heteroatoms. The average Bonchev–Trinajstić information content (AvgIpc) is 2.09. The van der Waals surface area contributed by atoms with Crippen molar-refractivity contribution in [2.24, 2.45) is 5.16 Å². The van der Waals surface area contributed by atoms with Crippen molar-refractivity contribution in [3.63, 3.8) is 0 Å². The molecule has 0 bridgehead atoms. The predicted octanol–water partition coefficient (Wildman–Crippen LogP) is 3.19. The van der Waals surface area contributed by atoms with Crippen LogP contribution < -0.4 is 0 Å². The molecule has 0 aromatic heterocycles. The van der Waals surface area contributed by atoms with E-state index in [4.69, 9.17) is 16.4 Å². The molecule has 0 aliphatic heterocycles. The van der Waals surface area contributed by atoms with E-state index in [-0.39, 0.29) is 11.4 Å². The summed E-state index contributed by atoms with van der Waals surface area (Å²) in [4.78, 5) is 5.14. The van der Waals surface area contributed by atoms with Crippen molar-refractivity contribution in [2.75, 3.05) is 0 Å². The summed E-state index contributed by atoms with van der Waals surface area (Å²) in [5.41, 5.74) is 0.191. The van der Waals surface area contributed by atoms with Gasteiger partial charge in [0.05, 0.1) is 6.21 Å². The third-order valence-electron chi connectivity index (χ3n) is 1.51. The molecule has 0 aliphatic rings. The summed E-state index contributed by atoms with van der Waals surface area (Å²) < 4.78 is 0. The number of hydrogen-bond acceptors (Lipinski definition) is 3. The van der Waals surface area contributed by atoms with Crippen LogP contribution in [0.2, 0.25) is 5.02 Å². The van der Waals surface area contributed by atoms with Gasteiger partial charge in [0.15, 0.2) is 0 Å². The van der Waals surface area contributed by atoms with Crippen LogP contribution in [0.5, 0.6) is 5.75 Å². The minimum atomic E-state index is -0.343. The molecule has 3 nitrogen and oxygen atoms in total. The fraction of sp³-hybridized carbons (Fsp3) is 0.364. The van der Waals surface area contributed by atoms with Crippen LogP contribution in [0.4, 0.5) is 0 Å². The highest BCUT2D eigenvalue weighted by molar-refractivity contribution is 6.30. The lowest BCUT2D eigenvalue weighted by Crippen LogP contribution is -2.15. The number of phenolic OH excluding ortho intramolecular Hbond substituents is 1.